The van der Waals surface area contributed by atoms with Gasteiger partial charge in [0.1, 0.15) is 16.3 Å². The van der Waals surface area contributed by atoms with Crippen molar-refractivity contribution in [2.75, 3.05) is 32.8 Å². The number of hydrogen-bond acceptors (Lipinski definition) is 7. The van der Waals surface area contributed by atoms with Crippen molar-refractivity contribution in [2.24, 2.45) is 11.3 Å². The summed E-state index contributed by atoms with van der Waals surface area (Å²) in [6, 6.07) is 0. The zero-order valence-corrected chi connectivity index (χ0v) is 14.3. The highest BCUT2D eigenvalue weighted by Gasteiger charge is 2.50. The van der Waals surface area contributed by atoms with E-state index in [1.165, 1.54) is 6.20 Å². The molecule has 8 heteroatoms. The second-order valence-electron chi connectivity index (χ2n) is 6.65. The van der Waals surface area contributed by atoms with Gasteiger partial charge in [-0.25, -0.2) is 4.98 Å². The van der Waals surface area contributed by atoms with E-state index < -0.39 is 0 Å². The molecule has 2 aliphatic heterocycles. The maximum atomic E-state index is 12.3. The van der Waals surface area contributed by atoms with Crippen LogP contribution in [0.25, 0.3) is 0 Å². The molecule has 0 aliphatic carbocycles. The molecule has 0 radical (unpaired) electrons. The summed E-state index contributed by atoms with van der Waals surface area (Å²) in [6.45, 7) is 6.57. The first-order valence-electron chi connectivity index (χ1n) is 8.04. The van der Waals surface area contributed by atoms with Crippen LogP contribution < -0.4 is 5.32 Å². The number of ether oxygens (including phenoxy) is 1. The SMILES string of the molecule is Cc1oncc1C(=O)NC[C@@]12COC[C@@H]1CN(Cc1nccs1)C2. The van der Waals surface area contributed by atoms with Gasteiger partial charge in [-0.15, -0.1) is 11.3 Å². The van der Waals surface area contributed by atoms with Gasteiger partial charge in [-0.05, 0) is 6.92 Å². The summed E-state index contributed by atoms with van der Waals surface area (Å²) in [5, 5.41) is 9.86. The molecule has 0 spiro atoms. The van der Waals surface area contributed by atoms with Crippen LogP contribution in [0.15, 0.2) is 22.3 Å². The van der Waals surface area contributed by atoms with Crippen molar-refractivity contribution in [3.63, 3.8) is 0 Å². The lowest BCUT2D eigenvalue weighted by Crippen LogP contribution is -2.43. The van der Waals surface area contributed by atoms with Crippen LogP contribution in [0.1, 0.15) is 21.1 Å². The predicted molar refractivity (Wildman–Crippen MR) is 87.7 cm³/mol. The lowest BCUT2D eigenvalue weighted by atomic mass is 9.81. The van der Waals surface area contributed by atoms with Crippen LogP contribution in [0.4, 0.5) is 0 Å². The highest BCUT2D eigenvalue weighted by atomic mass is 32.1. The molecule has 128 valence electrons. The number of aromatic nitrogens is 2. The topological polar surface area (TPSA) is 80.5 Å². The van der Waals surface area contributed by atoms with Gasteiger partial charge in [0.25, 0.3) is 5.91 Å². The van der Waals surface area contributed by atoms with Gasteiger partial charge >= 0.3 is 0 Å². The summed E-state index contributed by atoms with van der Waals surface area (Å²) in [4.78, 5) is 19.1. The number of amides is 1. The summed E-state index contributed by atoms with van der Waals surface area (Å²) < 4.78 is 10.7. The number of nitrogens with one attached hydrogen (secondary N) is 1. The Bertz CT molecular complexity index is 717. The molecule has 7 nitrogen and oxygen atoms in total. The van der Waals surface area contributed by atoms with Crippen molar-refractivity contribution in [2.45, 2.75) is 13.5 Å². The van der Waals surface area contributed by atoms with Gasteiger partial charge in [-0.1, -0.05) is 5.16 Å². The molecule has 1 N–H and O–H groups in total. The third-order valence-electron chi connectivity index (χ3n) is 5.03. The molecule has 2 aromatic heterocycles. The van der Waals surface area contributed by atoms with E-state index in [4.69, 9.17) is 9.26 Å². The molecule has 0 bridgehead atoms. The van der Waals surface area contributed by atoms with Crippen LogP contribution in [-0.4, -0.2) is 53.8 Å². The first-order valence-corrected chi connectivity index (χ1v) is 8.92. The highest BCUT2D eigenvalue weighted by Crippen LogP contribution is 2.41. The fourth-order valence-corrected chi connectivity index (χ4v) is 4.36. The number of likely N-dealkylation sites (tertiary alicyclic amines) is 1. The first-order chi connectivity index (χ1) is 11.7. The minimum atomic E-state index is -0.132. The molecule has 2 aromatic rings. The van der Waals surface area contributed by atoms with Gasteiger partial charge in [-0.3, -0.25) is 9.69 Å². The molecular weight excluding hydrogens is 328 g/mol. The maximum Gasteiger partial charge on any atom is 0.256 e. The van der Waals surface area contributed by atoms with E-state index in [1.807, 2.05) is 11.6 Å². The fourth-order valence-electron chi connectivity index (χ4n) is 3.70. The Hall–Kier alpha value is -1.77. The monoisotopic (exact) mass is 348 g/mol. The van der Waals surface area contributed by atoms with E-state index in [0.29, 0.717) is 30.4 Å². The van der Waals surface area contributed by atoms with E-state index >= 15 is 0 Å². The zero-order chi connectivity index (χ0) is 16.6. The Morgan fingerprint density at radius 2 is 2.50 bits per heavy atom. The molecule has 0 saturated carbocycles. The number of nitrogens with zero attached hydrogens (tertiary/aromatic N) is 3. The van der Waals surface area contributed by atoms with Crippen LogP contribution >= 0.6 is 11.3 Å². The van der Waals surface area contributed by atoms with Crippen LogP contribution in [0, 0.1) is 18.3 Å². The Balaban J connectivity index is 1.41. The standard InChI is InChI=1S/C16H20N4O3S/c1-11-13(4-19-23-11)15(21)18-8-16-9-20(5-12(16)7-22-10-16)6-14-17-2-3-24-14/h2-4,12H,5-10H2,1H3,(H,18,21)/t12-,16+/m0/s1. The van der Waals surface area contributed by atoms with E-state index in [0.717, 1.165) is 31.2 Å². The second kappa shape index (κ2) is 6.27. The van der Waals surface area contributed by atoms with E-state index in [2.05, 4.69) is 20.4 Å². The lowest BCUT2D eigenvalue weighted by Gasteiger charge is -2.27. The molecule has 2 fully saturated rings. The zero-order valence-electron chi connectivity index (χ0n) is 13.5. The number of fused-ring (bicyclic) bond motifs is 1. The van der Waals surface area contributed by atoms with E-state index in [1.54, 1.807) is 18.3 Å². The normalized spacial score (nSPS) is 26.6. The summed E-state index contributed by atoms with van der Waals surface area (Å²) >= 11 is 1.68. The smallest absolute Gasteiger partial charge is 0.256 e. The number of thiazole rings is 1. The van der Waals surface area contributed by atoms with Gasteiger partial charge in [0, 0.05) is 42.5 Å². The molecule has 24 heavy (non-hydrogen) atoms. The largest absolute Gasteiger partial charge is 0.380 e. The average Bonchev–Trinajstić information content (AvgIpc) is 3.30. The van der Waals surface area contributed by atoms with Gasteiger partial charge in [0.2, 0.25) is 0 Å². The number of carbonyl (C=O) groups is 1. The van der Waals surface area contributed by atoms with Crippen LogP contribution in [0.5, 0.6) is 0 Å². The van der Waals surface area contributed by atoms with Crippen LogP contribution in [0.2, 0.25) is 0 Å². The van der Waals surface area contributed by atoms with Gasteiger partial charge in [0.15, 0.2) is 0 Å². The Labute approximate surface area is 144 Å². The average molecular weight is 348 g/mol. The van der Waals surface area contributed by atoms with Gasteiger partial charge < -0.3 is 14.6 Å². The van der Waals surface area contributed by atoms with E-state index in [-0.39, 0.29) is 11.3 Å². The molecule has 1 amide bonds. The summed E-state index contributed by atoms with van der Waals surface area (Å²) in [7, 11) is 0. The number of carbonyl (C=O) groups excluding carboxylic acids is 1. The number of aryl methyl sites for hydroxylation is 1. The summed E-state index contributed by atoms with van der Waals surface area (Å²) in [5.74, 6) is 0.856. The second-order valence-corrected chi connectivity index (χ2v) is 7.63. The fraction of sp³-hybridized carbons (Fsp3) is 0.562. The maximum absolute atomic E-state index is 12.3. The third kappa shape index (κ3) is 2.85. The molecule has 0 unspecified atom stereocenters. The molecule has 0 aromatic carbocycles. The third-order valence-corrected chi connectivity index (χ3v) is 5.79. The molecule has 2 aliphatic rings. The summed E-state index contributed by atoms with van der Waals surface area (Å²) in [5.41, 5.74) is 0.484. The van der Waals surface area contributed by atoms with Crippen LogP contribution in [-0.2, 0) is 11.3 Å². The van der Waals surface area contributed by atoms with Crippen molar-refractivity contribution in [1.82, 2.24) is 20.4 Å². The number of rotatable bonds is 5. The minimum Gasteiger partial charge on any atom is -0.380 e. The molecule has 4 heterocycles. The first kappa shape index (κ1) is 15.7. The summed E-state index contributed by atoms with van der Waals surface area (Å²) in [6.07, 6.45) is 3.31. The molecule has 4 rings (SSSR count). The molecule has 2 atom stereocenters. The predicted octanol–water partition coefficient (Wildman–Crippen LogP) is 1.32. The molecule has 2 saturated heterocycles. The van der Waals surface area contributed by atoms with Crippen molar-refractivity contribution in [3.8, 4) is 0 Å². The Morgan fingerprint density at radius 3 is 3.25 bits per heavy atom. The quantitative estimate of drug-likeness (QED) is 0.878. The van der Waals surface area contributed by atoms with Crippen molar-refractivity contribution in [1.29, 1.82) is 0 Å². The van der Waals surface area contributed by atoms with E-state index in [9.17, 15) is 4.79 Å². The highest BCUT2D eigenvalue weighted by molar-refractivity contribution is 7.09. The van der Waals surface area contributed by atoms with Gasteiger partial charge in [0.05, 0.1) is 26.0 Å². The molecular formula is C16H20N4O3S. The van der Waals surface area contributed by atoms with Gasteiger partial charge in [-0.2, -0.15) is 0 Å². The van der Waals surface area contributed by atoms with Crippen LogP contribution in [0.3, 0.4) is 0 Å². The van der Waals surface area contributed by atoms with Crippen molar-refractivity contribution in [3.05, 3.63) is 34.1 Å². The minimum absolute atomic E-state index is 0.0159. The van der Waals surface area contributed by atoms with Crippen molar-refractivity contribution < 1.29 is 14.1 Å². The number of hydrogen-bond donors (Lipinski definition) is 1. The Morgan fingerprint density at radius 1 is 1.58 bits per heavy atom. The lowest BCUT2D eigenvalue weighted by molar-refractivity contribution is 0.0902. The van der Waals surface area contributed by atoms with Crippen molar-refractivity contribution >= 4 is 17.2 Å². The Kier molecular flexibility index (Phi) is 4.11.